The zero-order valence-corrected chi connectivity index (χ0v) is 14.3. The summed E-state index contributed by atoms with van der Waals surface area (Å²) in [6.07, 6.45) is 0.178. The zero-order chi connectivity index (χ0) is 14.9. The van der Waals surface area contributed by atoms with Crippen molar-refractivity contribution >= 4 is 37.6 Å². The molecule has 1 aromatic carbocycles. The number of aryl methyl sites for hydroxylation is 2. The molecule has 0 amide bonds. The van der Waals surface area contributed by atoms with Gasteiger partial charge in [-0.05, 0) is 51.8 Å². The van der Waals surface area contributed by atoms with Gasteiger partial charge in [0, 0.05) is 12.1 Å². The molecule has 2 aromatic rings. The fourth-order valence-corrected chi connectivity index (χ4v) is 2.91. The molecule has 0 N–H and O–H groups in total. The van der Waals surface area contributed by atoms with Crippen molar-refractivity contribution in [1.82, 2.24) is 9.78 Å². The maximum Gasteiger partial charge on any atom is 0.170 e. The minimum Gasteiger partial charge on any atom is -0.294 e. The van der Waals surface area contributed by atoms with E-state index < -0.39 is 5.82 Å². The smallest absolute Gasteiger partial charge is 0.170 e. The van der Waals surface area contributed by atoms with Crippen molar-refractivity contribution in [3.8, 4) is 0 Å². The SMILES string of the molecule is CCn1nc(C)c(Br)c1CC(=O)c1cccc(F)c1Br. The van der Waals surface area contributed by atoms with Gasteiger partial charge in [-0.15, -0.1) is 0 Å². The highest BCUT2D eigenvalue weighted by molar-refractivity contribution is 9.10. The maximum absolute atomic E-state index is 13.5. The fourth-order valence-electron chi connectivity index (χ4n) is 2.00. The molecule has 0 atom stereocenters. The molecule has 6 heteroatoms. The van der Waals surface area contributed by atoms with Gasteiger partial charge in [-0.1, -0.05) is 12.1 Å². The van der Waals surface area contributed by atoms with Crippen LogP contribution in [-0.4, -0.2) is 15.6 Å². The number of nitrogens with zero attached hydrogens (tertiary/aromatic N) is 2. The first kappa shape index (κ1) is 15.4. The van der Waals surface area contributed by atoms with E-state index in [9.17, 15) is 9.18 Å². The van der Waals surface area contributed by atoms with Gasteiger partial charge < -0.3 is 0 Å². The molecule has 1 aromatic heterocycles. The summed E-state index contributed by atoms with van der Waals surface area (Å²) in [5, 5.41) is 4.35. The molecule has 0 fully saturated rings. The lowest BCUT2D eigenvalue weighted by molar-refractivity contribution is 0.0989. The maximum atomic E-state index is 13.5. The Morgan fingerprint density at radius 1 is 1.35 bits per heavy atom. The third-order valence-electron chi connectivity index (χ3n) is 3.03. The Kier molecular flexibility index (Phi) is 4.75. The van der Waals surface area contributed by atoms with E-state index in [1.165, 1.54) is 12.1 Å². The van der Waals surface area contributed by atoms with Crippen molar-refractivity contribution in [2.24, 2.45) is 0 Å². The van der Waals surface area contributed by atoms with Gasteiger partial charge in [0.1, 0.15) is 5.82 Å². The third-order valence-corrected chi connectivity index (χ3v) is 4.87. The summed E-state index contributed by atoms with van der Waals surface area (Å²) >= 11 is 6.58. The molecule has 0 aliphatic rings. The molecule has 0 aliphatic carbocycles. The normalized spacial score (nSPS) is 10.8. The van der Waals surface area contributed by atoms with Crippen molar-refractivity contribution in [3.05, 3.63) is 49.9 Å². The van der Waals surface area contributed by atoms with Crippen molar-refractivity contribution in [1.29, 1.82) is 0 Å². The van der Waals surface area contributed by atoms with Crippen LogP contribution in [0.15, 0.2) is 27.1 Å². The Bertz CT molecular complexity index is 667. The number of Topliss-reactive ketones (excluding diaryl/α,β-unsaturated/α-hetero) is 1. The van der Waals surface area contributed by atoms with Gasteiger partial charge in [0.2, 0.25) is 0 Å². The van der Waals surface area contributed by atoms with E-state index in [1.807, 2.05) is 13.8 Å². The minimum atomic E-state index is -0.435. The average molecular weight is 404 g/mol. The topological polar surface area (TPSA) is 34.9 Å². The lowest BCUT2D eigenvalue weighted by Crippen LogP contribution is -2.11. The van der Waals surface area contributed by atoms with Crippen LogP contribution >= 0.6 is 31.9 Å². The molecule has 0 unspecified atom stereocenters. The first-order valence-electron chi connectivity index (χ1n) is 6.14. The quantitative estimate of drug-likeness (QED) is 0.713. The molecule has 2 rings (SSSR count). The molecule has 3 nitrogen and oxygen atoms in total. The zero-order valence-electron chi connectivity index (χ0n) is 11.1. The number of carbonyl (C=O) groups is 1. The van der Waals surface area contributed by atoms with Gasteiger partial charge >= 0.3 is 0 Å². The van der Waals surface area contributed by atoms with E-state index in [-0.39, 0.29) is 16.7 Å². The largest absolute Gasteiger partial charge is 0.294 e. The van der Waals surface area contributed by atoms with E-state index in [4.69, 9.17) is 0 Å². The highest BCUT2D eigenvalue weighted by Gasteiger charge is 2.19. The van der Waals surface area contributed by atoms with Crippen LogP contribution in [0, 0.1) is 12.7 Å². The molecule has 0 saturated carbocycles. The van der Waals surface area contributed by atoms with Crippen LogP contribution in [0.1, 0.15) is 28.7 Å². The molecule has 0 aliphatic heterocycles. The monoisotopic (exact) mass is 402 g/mol. The predicted octanol–water partition coefficient (Wildman–Crippen LogP) is 4.30. The van der Waals surface area contributed by atoms with Crippen LogP contribution in [0.4, 0.5) is 4.39 Å². The highest BCUT2D eigenvalue weighted by atomic mass is 79.9. The number of ketones is 1. The first-order chi connectivity index (χ1) is 9.45. The van der Waals surface area contributed by atoms with Gasteiger partial charge in [0.15, 0.2) is 5.78 Å². The fraction of sp³-hybridized carbons (Fsp3) is 0.286. The summed E-state index contributed by atoms with van der Waals surface area (Å²) in [6.45, 7) is 4.52. The molecule has 0 spiro atoms. The molecule has 106 valence electrons. The van der Waals surface area contributed by atoms with Crippen LogP contribution in [-0.2, 0) is 13.0 Å². The third kappa shape index (κ3) is 2.86. The summed E-state index contributed by atoms with van der Waals surface area (Å²) in [5.41, 5.74) is 2.00. The van der Waals surface area contributed by atoms with Gasteiger partial charge in [-0.3, -0.25) is 9.48 Å². The second-order valence-corrected chi connectivity index (χ2v) is 5.95. The average Bonchev–Trinajstić information content (AvgIpc) is 2.69. The minimum absolute atomic E-state index is 0.147. The molecule has 0 radical (unpaired) electrons. The van der Waals surface area contributed by atoms with Gasteiger partial charge in [0.05, 0.1) is 26.8 Å². The molecule has 0 bridgehead atoms. The Labute approximate surface area is 133 Å². The van der Waals surface area contributed by atoms with E-state index in [1.54, 1.807) is 10.7 Å². The lowest BCUT2D eigenvalue weighted by Gasteiger charge is -2.07. The van der Waals surface area contributed by atoms with Crippen molar-refractivity contribution in [2.75, 3.05) is 0 Å². The van der Waals surface area contributed by atoms with E-state index >= 15 is 0 Å². The Morgan fingerprint density at radius 2 is 2.05 bits per heavy atom. The van der Waals surface area contributed by atoms with Crippen LogP contribution in [0.5, 0.6) is 0 Å². The van der Waals surface area contributed by atoms with E-state index in [0.29, 0.717) is 12.1 Å². The number of rotatable bonds is 4. The van der Waals surface area contributed by atoms with Crippen molar-refractivity contribution in [2.45, 2.75) is 26.8 Å². The van der Waals surface area contributed by atoms with Crippen molar-refractivity contribution in [3.63, 3.8) is 0 Å². The molecule has 20 heavy (non-hydrogen) atoms. The second kappa shape index (κ2) is 6.18. The molecule has 1 heterocycles. The molecular weight excluding hydrogens is 391 g/mol. The van der Waals surface area contributed by atoms with E-state index in [2.05, 4.69) is 37.0 Å². The highest BCUT2D eigenvalue weighted by Crippen LogP contribution is 2.25. The predicted molar refractivity (Wildman–Crippen MR) is 82.5 cm³/mol. The number of halogens is 3. The van der Waals surface area contributed by atoms with Gasteiger partial charge in [-0.25, -0.2) is 4.39 Å². The first-order valence-corrected chi connectivity index (χ1v) is 7.73. The van der Waals surface area contributed by atoms with Gasteiger partial charge in [0.25, 0.3) is 0 Å². The van der Waals surface area contributed by atoms with Crippen LogP contribution in [0.25, 0.3) is 0 Å². The summed E-state index contributed by atoms with van der Waals surface area (Å²) in [5.74, 6) is -0.582. The number of aromatic nitrogens is 2. The van der Waals surface area contributed by atoms with Gasteiger partial charge in [-0.2, -0.15) is 5.10 Å². The van der Waals surface area contributed by atoms with Crippen LogP contribution in [0.3, 0.4) is 0 Å². The van der Waals surface area contributed by atoms with Crippen LogP contribution in [0.2, 0.25) is 0 Å². The number of benzene rings is 1. The number of hydrogen-bond acceptors (Lipinski definition) is 2. The standard InChI is InChI=1S/C14H13Br2FN2O/c1-3-19-11(13(15)8(2)18-19)7-12(20)9-5-4-6-10(17)14(9)16/h4-6H,3,7H2,1-2H3. The summed E-state index contributed by atoms with van der Waals surface area (Å²) in [4.78, 5) is 12.4. The van der Waals surface area contributed by atoms with E-state index in [0.717, 1.165) is 15.9 Å². The Morgan fingerprint density at radius 3 is 2.70 bits per heavy atom. The number of carbonyl (C=O) groups excluding carboxylic acids is 1. The van der Waals surface area contributed by atoms with Crippen molar-refractivity contribution < 1.29 is 9.18 Å². The molecular formula is C14H13Br2FN2O. The number of hydrogen-bond donors (Lipinski definition) is 0. The van der Waals surface area contributed by atoms with Crippen LogP contribution < -0.4 is 0 Å². The summed E-state index contributed by atoms with van der Waals surface area (Å²) < 4.78 is 16.3. The summed E-state index contributed by atoms with van der Waals surface area (Å²) in [6, 6.07) is 4.46. The molecule has 0 saturated heterocycles. The summed E-state index contributed by atoms with van der Waals surface area (Å²) in [7, 11) is 0. The Balaban J connectivity index is 2.35. The Hall–Kier alpha value is -1.01. The lowest BCUT2D eigenvalue weighted by atomic mass is 10.1. The second-order valence-electron chi connectivity index (χ2n) is 4.36.